The van der Waals surface area contributed by atoms with E-state index in [1.165, 1.54) is 5.56 Å². The molecule has 1 radical (unpaired) electrons. The van der Waals surface area contributed by atoms with Crippen molar-refractivity contribution in [2.24, 2.45) is 0 Å². The first-order valence-corrected chi connectivity index (χ1v) is 3.34. The zero-order valence-corrected chi connectivity index (χ0v) is 8.53. The summed E-state index contributed by atoms with van der Waals surface area (Å²) in [5.41, 5.74) is 1.32. The fourth-order valence-corrected chi connectivity index (χ4v) is 0.534. The Morgan fingerprint density at radius 3 is 1.75 bits per heavy atom. The van der Waals surface area contributed by atoms with Gasteiger partial charge in [-0.2, -0.15) is 0 Å². The summed E-state index contributed by atoms with van der Waals surface area (Å²) < 4.78 is 0. The Labute approximate surface area is 88.1 Å². The summed E-state index contributed by atoms with van der Waals surface area (Å²) in [6, 6.07) is 10.3. The van der Waals surface area contributed by atoms with Gasteiger partial charge in [-0.05, 0) is 6.92 Å². The van der Waals surface area contributed by atoms with Gasteiger partial charge in [-0.15, -0.1) is 0 Å². The van der Waals surface area contributed by atoms with Gasteiger partial charge in [0.25, 0.3) is 5.97 Å². The first-order valence-electron chi connectivity index (χ1n) is 3.34. The molecule has 1 aromatic carbocycles. The molecule has 0 bridgehead atoms. The minimum atomic E-state index is -0.833. The Morgan fingerprint density at radius 1 is 1.25 bits per heavy atom. The molecule has 71 valence electrons. The normalized spacial score (nSPS) is 7.17. The third-order valence-electron chi connectivity index (χ3n) is 0.940. The number of carboxylic acids is 1. The van der Waals surface area contributed by atoms with E-state index >= 15 is 0 Å². The molecule has 3 heteroatoms. The summed E-state index contributed by atoms with van der Waals surface area (Å²) in [7, 11) is 0. The molecule has 0 spiro atoms. The average molecular weight is 260 g/mol. The van der Waals surface area contributed by atoms with Gasteiger partial charge >= 0.3 is 0 Å². The molecule has 0 aromatic heterocycles. The maximum atomic E-state index is 9.00. The van der Waals surface area contributed by atoms with Crippen molar-refractivity contribution in [3.8, 4) is 0 Å². The Hall–Kier alpha value is -0.570. The summed E-state index contributed by atoms with van der Waals surface area (Å²) in [5, 5.41) is 7.42. The van der Waals surface area contributed by atoms with Crippen LogP contribution in [0.25, 0.3) is 0 Å². The molecule has 2 nitrogen and oxygen atoms in total. The summed E-state index contributed by atoms with van der Waals surface area (Å²) in [6.07, 6.45) is 0. The number of carboxylic acid groups (broad SMARTS) is 1. The molecule has 0 fully saturated rings. The fraction of sp³-hybridized carbons (Fsp3) is 0.222. The van der Waals surface area contributed by atoms with Crippen molar-refractivity contribution in [1.82, 2.24) is 0 Å². The van der Waals surface area contributed by atoms with Crippen LogP contribution in [-0.2, 0) is 27.2 Å². The average Bonchev–Trinajstić information content (AvgIpc) is 1.87. The van der Waals surface area contributed by atoms with E-state index in [4.69, 9.17) is 9.90 Å². The Kier molecular flexibility index (Phi) is 9.94. The van der Waals surface area contributed by atoms with Crippen molar-refractivity contribution in [3.63, 3.8) is 0 Å². The van der Waals surface area contributed by atoms with E-state index in [-0.39, 0.29) is 22.4 Å². The van der Waals surface area contributed by atoms with Gasteiger partial charge in [0, 0.05) is 29.3 Å². The van der Waals surface area contributed by atoms with Gasteiger partial charge in [0.05, 0.1) is 0 Å². The third-order valence-corrected chi connectivity index (χ3v) is 0.940. The minimum absolute atomic E-state index is 0. The second-order valence-corrected chi connectivity index (χ2v) is 2.17. The van der Waals surface area contributed by atoms with Gasteiger partial charge in [-0.1, -0.05) is 35.9 Å². The summed E-state index contributed by atoms with van der Waals surface area (Å²) in [4.78, 5) is 9.00. The van der Waals surface area contributed by atoms with Crippen LogP contribution < -0.4 is 0 Å². The molecule has 0 heterocycles. The zero-order chi connectivity index (χ0) is 8.69. The van der Waals surface area contributed by atoms with Crippen LogP contribution >= 0.6 is 0 Å². The van der Waals surface area contributed by atoms with Gasteiger partial charge in [0.1, 0.15) is 0 Å². The Morgan fingerprint density at radius 2 is 1.58 bits per heavy atom. The number of hydrogen-bond acceptors (Lipinski definition) is 1. The van der Waals surface area contributed by atoms with Gasteiger partial charge in [-0.3, -0.25) is 4.79 Å². The van der Waals surface area contributed by atoms with Crippen LogP contribution in [-0.4, -0.2) is 11.1 Å². The first kappa shape index (κ1) is 14.0. The third kappa shape index (κ3) is 12.1. The molecule has 0 aliphatic rings. The SMILES string of the molecule is CC(=O)O.Cc1ccccc1.[Ag]. The van der Waals surface area contributed by atoms with E-state index in [2.05, 4.69) is 19.1 Å². The predicted molar refractivity (Wildman–Crippen MR) is 44.5 cm³/mol. The van der Waals surface area contributed by atoms with E-state index in [0.29, 0.717) is 0 Å². The maximum Gasteiger partial charge on any atom is 0.300 e. The van der Waals surface area contributed by atoms with Crippen molar-refractivity contribution in [3.05, 3.63) is 35.9 Å². The van der Waals surface area contributed by atoms with Crippen molar-refractivity contribution in [1.29, 1.82) is 0 Å². The number of aryl methyl sites for hydroxylation is 1. The van der Waals surface area contributed by atoms with E-state index in [1.807, 2.05) is 18.2 Å². The molecule has 12 heavy (non-hydrogen) atoms. The monoisotopic (exact) mass is 259 g/mol. The van der Waals surface area contributed by atoms with E-state index in [1.54, 1.807) is 0 Å². The van der Waals surface area contributed by atoms with Crippen molar-refractivity contribution in [2.45, 2.75) is 13.8 Å². The van der Waals surface area contributed by atoms with Crippen LogP contribution in [0, 0.1) is 6.92 Å². The largest absolute Gasteiger partial charge is 0.481 e. The maximum absolute atomic E-state index is 9.00. The smallest absolute Gasteiger partial charge is 0.300 e. The summed E-state index contributed by atoms with van der Waals surface area (Å²) in [6.45, 7) is 3.17. The van der Waals surface area contributed by atoms with E-state index < -0.39 is 5.97 Å². The molecule has 0 saturated carbocycles. The first-order chi connectivity index (χ1) is 5.13. The quantitative estimate of drug-likeness (QED) is 0.725. The number of carbonyl (C=O) groups is 1. The standard InChI is InChI=1S/C7H8.C2H4O2.Ag/c1-7-5-3-2-4-6-7;1-2(3)4;/h2-6H,1H3;1H3,(H,3,4);. The molecule has 0 aliphatic carbocycles. The Bertz CT molecular complexity index is 205. The minimum Gasteiger partial charge on any atom is -0.481 e. The molecule has 0 atom stereocenters. The summed E-state index contributed by atoms with van der Waals surface area (Å²) >= 11 is 0. The Balaban J connectivity index is 0. The zero-order valence-electron chi connectivity index (χ0n) is 7.04. The molecule has 0 amide bonds. The summed E-state index contributed by atoms with van der Waals surface area (Å²) in [5.74, 6) is -0.833. The molecule has 1 N–H and O–H groups in total. The number of rotatable bonds is 0. The number of hydrogen-bond donors (Lipinski definition) is 1. The van der Waals surface area contributed by atoms with Crippen molar-refractivity contribution < 1.29 is 32.3 Å². The number of aliphatic carboxylic acids is 1. The molecule has 0 saturated heterocycles. The number of benzene rings is 1. The fourth-order valence-electron chi connectivity index (χ4n) is 0.534. The van der Waals surface area contributed by atoms with Gasteiger partial charge in [0.15, 0.2) is 0 Å². The van der Waals surface area contributed by atoms with Crippen molar-refractivity contribution >= 4 is 5.97 Å². The van der Waals surface area contributed by atoms with Crippen LogP contribution in [0.3, 0.4) is 0 Å². The van der Waals surface area contributed by atoms with E-state index in [0.717, 1.165) is 6.92 Å². The van der Waals surface area contributed by atoms with E-state index in [9.17, 15) is 0 Å². The second kappa shape index (κ2) is 8.53. The van der Waals surface area contributed by atoms with Gasteiger partial charge < -0.3 is 5.11 Å². The predicted octanol–water partition coefficient (Wildman–Crippen LogP) is 2.08. The topological polar surface area (TPSA) is 37.3 Å². The second-order valence-electron chi connectivity index (χ2n) is 2.17. The van der Waals surface area contributed by atoms with Gasteiger partial charge in [-0.25, -0.2) is 0 Å². The molecular weight excluding hydrogens is 248 g/mol. The van der Waals surface area contributed by atoms with Crippen LogP contribution in [0.4, 0.5) is 0 Å². The van der Waals surface area contributed by atoms with Crippen LogP contribution in [0.1, 0.15) is 12.5 Å². The van der Waals surface area contributed by atoms with Crippen LogP contribution in [0.2, 0.25) is 0 Å². The van der Waals surface area contributed by atoms with Crippen LogP contribution in [0.15, 0.2) is 30.3 Å². The molecule has 1 rings (SSSR count). The van der Waals surface area contributed by atoms with Crippen molar-refractivity contribution in [2.75, 3.05) is 0 Å². The molecule has 1 aromatic rings. The molecule has 0 unspecified atom stereocenters. The van der Waals surface area contributed by atoms with Crippen LogP contribution in [0.5, 0.6) is 0 Å². The molecule has 0 aliphatic heterocycles. The molecular formula is C9H12AgO2. The van der Waals surface area contributed by atoms with Gasteiger partial charge in [0.2, 0.25) is 0 Å².